The van der Waals surface area contributed by atoms with E-state index in [1.807, 2.05) is 0 Å². The van der Waals surface area contributed by atoms with Gasteiger partial charge in [-0.25, -0.2) is 0 Å². The van der Waals surface area contributed by atoms with Crippen LogP contribution >= 0.6 is 0 Å². The van der Waals surface area contributed by atoms with Gasteiger partial charge in [-0.3, -0.25) is 4.79 Å². The fourth-order valence-electron chi connectivity index (χ4n) is 2.24. The van der Waals surface area contributed by atoms with Crippen molar-refractivity contribution >= 4 is 5.97 Å². The van der Waals surface area contributed by atoms with Gasteiger partial charge in [-0.1, -0.05) is 0 Å². The molecular weight excluding hydrogens is 158 g/mol. The third-order valence-electron chi connectivity index (χ3n) is 2.97. The molecular formula is C8H15NO3. The van der Waals surface area contributed by atoms with Crippen molar-refractivity contribution in [2.24, 2.45) is 11.8 Å². The average molecular weight is 173 g/mol. The molecule has 0 saturated carbocycles. The van der Waals surface area contributed by atoms with Gasteiger partial charge >= 0.3 is 5.97 Å². The molecule has 4 heteroatoms. The number of nitrogens with zero attached hydrogens (tertiary/aromatic N) is 1. The van der Waals surface area contributed by atoms with Crippen LogP contribution in [0.4, 0.5) is 0 Å². The van der Waals surface area contributed by atoms with Gasteiger partial charge in [0.15, 0.2) is 0 Å². The van der Waals surface area contributed by atoms with E-state index in [4.69, 9.17) is 5.11 Å². The first-order valence-corrected chi connectivity index (χ1v) is 4.22. The number of fused-ring (bicyclic) bond motifs is 3. The predicted molar refractivity (Wildman–Crippen MR) is 43.9 cm³/mol. The van der Waals surface area contributed by atoms with Crippen LogP contribution in [0.5, 0.6) is 0 Å². The molecule has 0 aromatic carbocycles. The Morgan fingerprint density at radius 3 is 2.17 bits per heavy atom. The molecule has 12 heavy (non-hydrogen) atoms. The Morgan fingerprint density at radius 2 is 1.92 bits per heavy atom. The van der Waals surface area contributed by atoms with Gasteiger partial charge in [-0.05, 0) is 31.8 Å². The number of carbonyl (C=O) groups is 1. The van der Waals surface area contributed by atoms with E-state index in [9.17, 15) is 4.79 Å². The van der Waals surface area contributed by atoms with Crippen molar-refractivity contribution in [1.29, 1.82) is 0 Å². The minimum Gasteiger partial charge on any atom is -0.481 e. The van der Waals surface area contributed by atoms with Gasteiger partial charge in [0.1, 0.15) is 0 Å². The van der Waals surface area contributed by atoms with E-state index in [1.54, 1.807) is 0 Å². The van der Waals surface area contributed by atoms with Crippen molar-refractivity contribution in [3.63, 3.8) is 0 Å². The molecule has 0 amide bonds. The van der Waals surface area contributed by atoms with E-state index < -0.39 is 5.97 Å². The van der Waals surface area contributed by atoms with Crippen molar-refractivity contribution in [3.8, 4) is 0 Å². The second kappa shape index (κ2) is 3.41. The van der Waals surface area contributed by atoms with E-state index in [-0.39, 0.29) is 11.4 Å². The lowest BCUT2D eigenvalue weighted by atomic mass is 9.79. The van der Waals surface area contributed by atoms with Crippen LogP contribution in [0.3, 0.4) is 0 Å². The SMILES string of the molecule is O.O=C(O)C1CN2CCC1CC2. The monoisotopic (exact) mass is 173 g/mol. The van der Waals surface area contributed by atoms with Gasteiger partial charge in [0.2, 0.25) is 0 Å². The number of hydrogen-bond donors (Lipinski definition) is 1. The lowest BCUT2D eigenvalue weighted by Gasteiger charge is -2.42. The van der Waals surface area contributed by atoms with Crippen molar-refractivity contribution in [2.75, 3.05) is 19.6 Å². The van der Waals surface area contributed by atoms with Gasteiger partial charge in [0, 0.05) is 6.54 Å². The minimum absolute atomic E-state index is 0. The number of hydrogen-bond acceptors (Lipinski definition) is 2. The molecule has 70 valence electrons. The summed E-state index contributed by atoms with van der Waals surface area (Å²) in [5.74, 6) is -0.200. The lowest BCUT2D eigenvalue weighted by molar-refractivity contribution is -0.148. The molecule has 4 nitrogen and oxygen atoms in total. The molecule has 0 radical (unpaired) electrons. The van der Waals surface area contributed by atoms with Crippen LogP contribution in [0.1, 0.15) is 12.8 Å². The first-order valence-electron chi connectivity index (χ1n) is 4.22. The number of rotatable bonds is 1. The van der Waals surface area contributed by atoms with E-state index in [2.05, 4.69) is 4.90 Å². The quantitative estimate of drug-likeness (QED) is 0.585. The zero-order valence-electron chi connectivity index (χ0n) is 6.99. The molecule has 1 atom stereocenters. The largest absolute Gasteiger partial charge is 0.481 e. The maximum absolute atomic E-state index is 10.7. The molecule has 3 heterocycles. The number of aliphatic carboxylic acids is 1. The van der Waals surface area contributed by atoms with Gasteiger partial charge in [0.25, 0.3) is 0 Å². The van der Waals surface area contributed by atoms with Gasteiger partial charge in [-0.2, -0.15) is 0 Å². The highest BCUT2D eigenvalue weighted by Crippen LogP contribution is 2.32. The van der Waals surface area contributed by atoms with Crippen molar-refractivity contribution in [2.45, 2.75) is 12.8 Å². The van der Waals surface area contributed by atoms with Crippen molar-refractivity contribution in [1.82, 2.24) is 4.90 Å². The highest BCUT2D eigenvalue weighted by Gasteiger charge is 2.37. The Labute approximate surface area is 71.5 Å². The fourth-order valence-corrected chi connectivity index (χ4v) is 2.24. The summed E-state index contributed by atoms with van der Waals surface area (Å²) in [5.41, 5.74) is 0. The summed E-state index contributed by atoms with van der Waals surface area (Å²) in [5, 5.41) is 8.83. The fraction of sp³-hybridized carbons (Fsp3) is 0.875. The molecule has 3 rings (SSSR count). The van der Waals surface area contributed by atoms with Gasteiger partial charge in [0.05, 0.1) is 5.92 Å². The summed E-state index contributed by atoms with van der Waals surface area (Å²) in [4.78, 5) is 13.0. The van der Waals surface area contributed by atoms with Crippen LogP contribution < -0.4 is 0 Å². The summed E-state index contributed by atoms with van der Waals surface area (Å²) in [6.45, 7) is 3.03. The number of carboxylic acids is 1. The van der Waals surface area contributed by atoms with Crippen LogP contribution in [-0.4, -0.2) is 41.1 Å². The summed E-state index contributed by atoms with van der Waals surface area (Å²) in [6, 6.07) is 0. The smallest absolute Gasteiger partial charge is 0.308 e. The molecule has 0 aromatic heterocycles. The molecule has 0 aliphatic carbocycles. The molecule has 3 aliphatic heterocycles. The highest BCUT2D eigenvalue weighted by atomic mass is 16.4. The summed E-state index contributed by atoms with van der Waals surface area (Å²) in [6.07, 6.45) is 2.19. The zero-order chi connectivity index (χ0) is 7.84. The average Bonchev–Trinajstić information content (AvgIpc) is 2.06. The molecule has 0 aromatic rings. The van der Waals surface area contributed by atoms with Crippen molar-refractivity contribution in [3.05, 3.63) is 0 Å². The van der Waals surface area contributed by atoms with E-state index >= 15 is 0 Å². The Balaban J connectivity index is 0.000000720. The Morgan fingerprint density at radius 1 is 1.33 bits per heavy atom. The van der Waals surface area contributed by atoms with Crippen LogP contribution in [0.25, 0.3) is 0 Å². The molecule has 0 spiro atoms. The first-order chi connectivity index (χ1) is 5.27. The Bertz CT molecular complexity index is 175. The Hall–Kier alpha value is -0.610. The third kappa shape index (κ3) is 1.44. The third-order valence-corrected chi connectivity index (χ3v) is 2.97. The van der Waals surface area contributed by atoms with Crippen molar-refractivity contribution < 1.29 is 15.4 Å². The molecule has 3 N–H and O–H groups in total. The maximum Gasteiger partial charge on any atom is 0.308 e. The standard InChI is InChI=1S/C8H13NO2.H2O/c10-8(11)7-5-9-3-1-6(7)2-4-9;/h6-7H,1-5H2,(H,10,11);1H2. The zero-order valence-corrected chi connectivity index (χ0v) is 6.99. The van der Waals surface area contributed by atoms with Gasteiger partial charge < -0.3 is 15.5 Å². The topological polar surface area (TPSA) is 72.0 Å². The summed E-state index contributed by atoms with van der Waals surface area (Å²) >= 11 is 0. The first kappa shape index (κ1) is 9.48. The lowest BCUT2D eigenvalue weighted by Crippen LogP contribution is -2.49. The minimum atomic E-state index is -0.598. The van der Waals surface area contributed by atoms with Crippen LogP contribution in [0.2, 0.25) is 0 Å². The van der Waals surface area contributed by atoms with E-state index in [0.29, 0.717) is 5.92 Å². The number of carboxylic acid groups (broad SMARTS) is 1. The summed E-state index contributed by atoms with van der Waals surface area (Å²) < 4.78 is 0. The predicted octanol–water partition coefficient (Wildman–Crippen LogP) is -0.412. The van der Waals surface area contributed by atoms with E-state index in [0.717, 1.165) is 32.5 Å². The van der Waals surface area contributed by atoms with Crippen LogP contribution in [0.15, 0.2) is 0 Å². The normalized spacial score (nSPS) is 38.8. The van der Waals surface area contributed by atoms with E-state index in [1.165, 1.54) is 0 Å². The second-order valence-corrected chi connectivity index (χ2v) is 3.58. The second-order valence-electron chi connectivity index (χ2n) is 3.58. The molecule has 3 fully saturated rings. The summed E-state index contributed by atoms with van der Waals surface area (Å²) in [7, 11) is 0. The van der Waals surface area contributed by atoms with Gasteiger partial charge in [-0.15, -0.1) is 0 Å². The molecule has 2 bridgehead atoms. The maximum atomic E-state index is 10.7. The molecule has 3 saturated heterocycles. The molecule has 3 aliphatic rings. The molecule has 1 unspecified atom stereocenters. The van der Waals surface area contributed by atoms with Crippen LogP contribution in [0, 0.1) is 11.8 Å². The highest BCUT2D eigenvalue weighted by molar-refractivity contribution is 5.71. The Kier molecular flexibility index (Phi) is 2.69. The van der Waals surface area contributed by atoms with Crippen LogP contribution in [-0.2, 0) is 4.79 Å². The number of piperidine rings is 3.